The largest absolute Gasteiger partial charge is 0.478 e. The van der Waals surface area contributed by atoms with Crippen LogP contribution in [0.1, 0.15) is 32.7 Å². The predicted molar refractivity (Wildman–Crippen MR) is 91.5 cm³/mol. The number of alkyl halides is 3. The number of aromatic carboxylic acids is 1. The quantitative estimate of drug-likeness (QED) is 0.478. The molecule has 7 nitrogen and oxygen atoms in total. The highest BCUT2D eigenvalue weighted by atomic mass is 19.4. The van der Waals surface area contributed by atoms with Crippen LogP contribution in [0.4, 0.5) is 17.6 Å². The van der Waals surface area contributed by atoms with E-state index >= 15 is 0 Å². The second-order valence-corrected chi connectivity index (χ2v) is 6.08. The van der Waals surface area contributed by atoms with E-state index < -0.39 is 23.5 Å². The van der Waals surface area contributed by atoms with Gasteiger partial charge in [-0.05, 0) is 47.9 Å². The van der Waals surface area contributed by atoms with Crippen molar-refractivity contribution >= 4 is 5.97 Å². The van der Waals surface area contributed by atoms with Crippen molar-refractivity contribution in [3.8, 4) is 5.82 Å². The lowest BCUT2D eigenvalue weighted by molar-refractivity contribution is -0.137. The highest BCUT2D eigenvalue weighted by Gasteiger charge is 2.31. The van der Waals surface area contributed by atoms with Crippen molar-refractivity contribution in [1.29, 1.82) is 0 Å². The topological polar surface area (TPSA) is 103 Å². The molecule has 0 saturated carbocycles. The molecular weight excluding hydrogens is 396 g/mol. The first kappa shape index (κ1) is 20.4. The number of aromatic nitrogens is 3. The number of nitrogens with two attached hydrogens (primary N) is 1. The zero-order valence-electron chi connectivity index (χ0n) is 14.7. The van der Waals surface area contributed by atoms with Gasteiger partial charge in [0, 0.05) is 6.20 Å². The van der Waals surface area contributed by atoms with Gasteiger partial charge in [-0.2, -0.15) is 18.3 Å². The zero-order valence-corrected chi connectivity index (χ0v) is 14.7. The van der Waals surface area contributed by atoms with Crippen molar-refractivity contribution in [2.45, 2.75) is 19.2 Å². The van der Waals surface area contributed by atoms with E-state index in [0.29, 0.717) is 11.6 Å². The average molecular weight is 410 g/mol. The Morgan fingerprint density at radius 1 is 1.21 bits per heavy atom. The number of hydrogen-bond donors (Lipinski definition) is 2. The molecule has 3 aromatic rings. The van der Waals surface area contributed by atoms with Gasteiger partial charge >= 0.3 is 12.1 Å². The van der Waals surface area contributed by atoms with E-state index in [4.69, 9.17) is 5.90 Å². The van der Waals surface area contributed by atoms with Crippen LogP contribution >= 0.6 is 0 Å². The molecule has 0 saturated heterocycles. The molecule has 0 radical (unpaired) electrons. The van der Waals surface area contributed by atoms with Gasteiger partial charge in [-0.3, -0.25) is 4.84 Å². The highest BCUT2D eigenvalue weighted by Crippen LogP contribution is 2.31. The van der Waals surface area contributed by atoms with E-state index in [9.17, 15) is 27.5 Å². The minimum absolute atomic E-state index is 0.00780. The summed E-state index contributed by atoms with van der Waals surface area (Å²) in [5.74, 6) is 3.02. The van der Waals surface area contributed by atoms with Crippen LogP contribution in [0.15, 0.2) is 42.7 Å². The molecule has 2 heterocycles. The number of carbonyl (C=O) groups is 1. The Morgan fingerprint density at radius 2 is 1.97 bits per heavy atom. The number of benzene rings is 1. The predicted octanol–water partition coefficient (Wildman–Crippen LogP) is 3.10. The SMILES string of the molecule is NOCc1c(C(=O)O)cnn1-c1cc(Cc2cc(F)cc(C(F)(F)F)c2)ccn1. The Bertz CT molecular complexity index is 1050. The monoisotopic (exact) mass is 410 g/mol. The molecule has 29 heavy (non-hydrogen) atoms. The van der Waals surface area contributed by atoms with Gasteiger partial charge in [-0.25, -0.2) is 24.7 Å². The van der Waals surface area contributed by atoms with Crippen molar-refractivity contribution in [1.82, 2.24) is 14.8 Å². The molecule has 3 N–H and O–H groups in total. The van der Waals surface area contributed by atoms with Gasteiger partial charge in [0.15, 0.2) is 5.82 Å². The van der Waals surface area contributed by atoms with Crippen LogP contribution in [0, 0.1) is 5.82 Å². The maximum Gasteiger partial charge on any atom is 0.416 e. The van der Waals surface area contributed by atoms with Gasteiger partial charge in [0.1, 0.15) is 18.0 Å². The van der Waals surface area contributed by atoms with E-state index in [1.54, 1.807) is 6.07 Å². The Morgan fingerprint density at radius 3 is 2.62 bits per heavy atom. The minimum atomic E-state index is -4.67. The van der Waals surface area contributed by atoms with E-state index in [1.165, 1.54) is 16.9 Å². The third-order valence-electron chi connectivity index (χ3n) is 4.04. The van der Waals surface area contributed by atoms with E-state index in [0.717, 1.165) is 18.3 Å². The summed E-state index contributed by atoms with van der Waals surface area (Å²) in [6.45, 7) is -0.258. The van der Waals surface area contributed by atoms with E-state index in [1.807, 2.05) is 0 Å². The summed E-state index contributed by atoms with van der Waals surface area (Å²) in [5, 5.41) is 13.2. The Labute approximate surface area is 161 Å². The summed E-state index contributed by atoms with van der Waals surface area (Å²) in [5.41, 5.74) is -0.452. The van der Waals surface area contributed by atoms with Crippen molar-refractivity contribution in [2.24, 2.45) is 5.90 Å². The van der Waals surface area contributed by atoms with E-state index in [-0.39, 0.29) is 35.7 Å². The third kappa shape index (κ3) is 4.58. The molecule has 0 fully saturated rings. The zero-order chi connectivity index (χ0) is 21.2. The van der Waals surface area contributed by atoms with Gasteiger partial charge < -0.3 is 5.11 Å². The summed E-state index contributed by atoms with van der Waals surface area (Å²) in [7, 11) is 0. The molecule has 1 aromatic carbocycles. The number of rotatable bonds is 6. The second-order valence-electron chi connectivity index (χ2n) is 6.08. The lowest BCUT2D eigenvalue weighted by Crippen LogP contribution is -2.12. The van der Waals surface area contributed by atoms with Gasteiger partial charge in [-0.15, -0.1) is 0 Å². The van der Waals surface area contributed by atoms with Crippen LogP contribution in [0.5, 0.6) is 0 Å². The van der Waals surface area contributed by atoms with Crippen molar-refractivity contribution in [3.63, 3.8) is 0 Å². The fourth-order valence-electron chi connectivity index (χ4n) is 2.81. The first-order valence-electron chi connectivity index (χ1n) is 8.13. The lowest BCUT2D eigenvalue weighted by Gasteiger charge is -2.11. The van der Waals surface area contributed by atoms with Crippen LogP contribution in [-0.4, -0.2) is 25.8 Å². The molecule has 0 atom stereocenters. The minimum Gasteiger partial charge on any atom is -0.478 e. The molecule has 0 aliphatic heterocycles. The highest BCUT2D eigenvalue weighted by molar-refractivity contribution is 5.88. The smallest absolute Gasteiger partial charge is 0.416 e. The Hall–Kier alpha value is -3.31. The number of nitrogens with zero attached hydrogens (tertiary/aromatic N) is 3. The molecule has 2 aromatic heterocycles. The molecule has 0 aliphatic carbocycles. The van der Waals surface area contributed by atoms with Crippen LogP contribution in [0.25, 0.3) is 5.82 Å². The van der Waals surface area contributed by atoms with Crippen LogP contribution < -0.4 is 5.90 Å². The molecule has 11 heteroatoms. The maximum atomic E-state index is 13.6. The van der Waals surface area contributed by atoms with Gasteiger partial charge in [0.05, 0.1) is 17.5 Å². The molecule has 0 aliphatic rings. The molecule has 0 unspecified atom stereocenters. The van der Waals surface area contributed by atoms with Crippen molar-refractivity contribution in [2.75, 3.05) is 0 Å². The van der Waals surface area contributed by atoms with Gasteiger partial charge in [-0.1, -0.05) is 0 Å². The van der Waals surface area contributed by atoms with Crippen LogP contribution in [0.2, 0.25) is 0 Å². The first-order chi connectivity index (χ1) is 13.7. The summed E-state index contributed by atoms with van der Waals surface area (Å²) in [6.07, 6.45) is -2.19. The standard InChI is InChI=1S/C18H14F4N4O3/c19-13-5-11(4-12(7-13)18(20,21)22)3-10-1-2-24-16(6-10)26-15(9-29-23)14(8-25-26)17(27)28/h1-2,4-8H,3,9,23H2,(H,27,28). The Balaban J connectivity index is 1.96. The molecule has 0 amide bonds. The lowest BCUT2D eigenvalue weighted by atomic mass is 10.0. The van der Waals surface area contributed by atoms with Gasteiger partial charge in [0.2, 0.25) is 0 Å². The molecule has 0 bridgehead atoms. The number of halogens is 4. The maximum absolute atomic E-state index is 13.6. The van der Waals surface area contributed by atoms with Crippen LogP contribution in [-0.2, 0) is 24.0 Å². The summed E-state index contributed by atoms with van der Waals surface area (Å²) in [6, 6.07) is 5.35. The Kier molecular flexibility index (Phi) is 5.62. The number of carboxylic acids is 1. The number of carboxylic acid groups (broad SMARTS) is 1. The van der Waals surface area contributed by atoms with Crippen molar-refractivity contribution in [3.05, 3.63) is 76.5 Å². The molecular formula is C18H14F4N4O3. The normalized spacial score (nSPS) is 11.6. The summed E-state index contributed by atoms with van der Waals surface area (Å²) >= 11 is 0. The van der Waals surface area contributed by atoms with Gasteiger partial charge in [0.25, 0.3) is 0 Å². The molecule has 3 rings (SSSR count). The first-order valence-corrected chi connectivity index (χ1v) is 8.13. The molecule has 152 valence electrons. The third-order valence-corrected chi connectivity index (χ3v) is 4.04. The summed E-state index contributed by atoms with van der Waals surface area (Å²) < 4.78 is 53.5. The molecule has 0 spiro atoms. The van der Waals surface area contributed by atoms with Crippen molar-refractivity contribution < 1.29 is 32.3 Å². The van der Waals surface area contributed by atoms with Crippen LogP contribution in [0.3, 0.4) is 0 Å². The second kappa shape index (κ2) is 7.97. The number of pyridine rings is 1. The average Bonchev–Trinajstić information content (AvgIpc) is 3.05. The fraction of sp³-hybridized carbons (Fsp3) is 0.167. The fourth-order valence-corrected chi connectivity index (χ4v) is 2.81. The van der Waals surface area contributed by atoms with E-state index in [2.05, 4.69) is 14.9 Å². The summed E-state index contributed by atoms with van der Waals surface area (Å²) in [4.78, 5) is 19.9. The number of hydrogen-bond acceptors (Lipinski definition) is 5.